The van der Waals surface area contributed by atoms with E-state index in [9.17, 15) is 9.59 Å². The molecule has 9 heteroatoms. The van der Waals surface area contributed by atoms with Gasteiger partial charge in [0.1, 0.15) is 6.04 Å². The Balaban J connectivity index is 1.56. The fraction of sp³-hybridized carbons (Fsp3) is 0.261. The Kier molecular flexibility index (Phi) is 5.01. The summed E-state index contributed by atoms with van der Waals surface area (Å²) in [7, 11) is 0. The molecule has 0 spiro atoms. The lowest BCUT2D eigenvalue weighted by molar-refractivity contribution is -0.128. The number of piperazine rings is 1. The SMILES string of the molecule is Cc1nn(-c2ccccc2)c(C)c1[C@H]1C(=O)NCCN1C(=O)c1cc(Cl)c2c(c1)OCO2. The molecule has 0 bridgehead atoms. The zero-order chi connectivity index (χ0) is 22.4. The van der Waals surface area contributed by atoms with Gasteiger partial charge in [-0.15, -0.1) is 0 Å². The Bertz CT molecular complexity index is 1220. The number of fused-ring (bicyclic) bond motifs is 1. The van der Waals surface area contributed by atoms with Crippen LogP contribution >= 0.6 is 11.6 Å². The van der Waals surface area contributed by atoms with Gasteiger partial charge in [0.2, 0.25) is 12.7 Å². The van der Waals surface area contributed by atoms with Crippen molar-refractivity contribution in [2.45, 2.75) is 19.9 Å². The van der Waals surface area contributed by atoms with Crippen LogP contribution in [-0.2, 0) is 4.79 Å². The zero-order valence-electron chi connectivity index (χ0n) is 17.6. The van der Waals surface area contributed by atoms with Crippen LogP contribution in [0.5, 0.6) is 11.5 Å². The summed E-state index contributed by atoms with van der Waals surface area (Å²) < 4.78 is 12.5. The van der Waals surface area contributed by atoms with Crippen molar-refractivity contribution >= 4 is 23.4 Å². The van der Waals surface area contributed by atoms with Crippen LogP contribution in [0.2, 0.25) is 5.02 Å². The van der Waals surface area contributed by atoms with Crippen LogP contribution in [0, 0.1) is 13.8 Å². The van der Waals surface area contributed by atoms with Crippen LogP contribution in [0.4, 0.5) is 0 Å². The summed E-state index contributed by atoms with van der Waals surface area (Å²) >= 11 is 6.29. The predicted molar refractivity (Wildman–Crippen MR) is 117 cm³/mol. The summed E-state index contributed by atoms with van der Waals surface area (Å²) in [5.74, 6) is 0.293. The number of rotatable bonds is 3. The minimum atomic E-state index is -0.807. The van der Waals surface area contributed by atoms with E-state index in [0.717, 1.165) is 11.4 Å². The Morgan fingerprint density at radius 1 is 1.19 bits per heavy atom. The molecule has 1 aromatic heterocycles. The Morgan fingerprint density at radius 2 is 1.97 bits per heavy atom. The Labute approximate surface area is 189 Å². The molecule has 3 aromatic rings. The van der Waals surface area contributed by atoms with Crippen molar-refractivity contribution in [2.75, 3.05) is 19.9 Å². The normalized spacial score (nSPS) is 17.4. The smallest absolute Gasteiger partial charge is 0.255 e. The topological polar surface area (TPSA) is 85.7 Å². The minimum Gasteiger partial charge on any atom is -0.454 e. The molecule has 3 heterocycles. The third kappa shape index (κ3) is 3.27. The van der Waals surface area contributed by atoms with Crippen molar-refractivity contribution in [1.82, 2.24) is 20.0 Å². The number of hydrogen-bond acceptors (Lipinski definition) is 5. The largest absolute Gasteiger partial charge is 0.454 e. The van der Waals surface area contributed by atoms with Gasteiger partial charge >= 0.3 is 0 Å². The highest BCUT2D eigenvalue weighted by molar-refractivity contribution is 6.32. The molecule has 0 radical (unpaired) electrons. The highest BCUT2D eigenvalue weighted by Crippen LogP contribution is 2.41. The van der Waals surface area contributed by atoms with Crippen molar-refractivity contribution in [3.8, 4) is 17.2 Å². The third-order valence-electron chi connectivity index (χ3n) is 5.77. The van der Waals surface area contributed by atoms with E-state index in [4.69, 9.17) is 21.1 Å². The van der Waals surface area contributed by atoms with Crippen molar-refractivity contribution in [2.24, 2.45) is 0 Å². The molecule has 2 amide bonds. The van der Waals surface area contributed by atoms with Gasteiger partial charge in [-0.05, 0) is 38.1 Å². The quantitative estimate of drug-likeness (QED) is 0.659. The number of aryl methyl sites for hydroxylation is 1. The van der Waals surface area contributed by atoms with Gasteiger partial charge in [0.15, 0.2) is 11.5 Å². The number of hydrogen-bond donors (Lipinski definition) is 1. The molecule has 8 nitrogen and oxygen atoms in total. The average molecular weight is 453 g/mol. The maximum absolute atomic E-state index is 13.5. The number of aromatic nitrogens is 2. The summed E-state index contributed by atoms with van der Waals surface area (Å²) in [5.41, 5.74) is 3.43. The van der Waals surface area contributed by atoms with Crippen LogP contribution in [0.1, 0.15) is 33.4 Å². The molecule has 2 aliphatic heterocycles. The number of carbonyl (C=O) groups is 2. The van der Waals surface area contributed by atoms with Gasteiger partial charge < -0.3 is 19.7 Å². The lowest BCUT2D eigenvalue weighted by Gasteiger charge is -2.35. The molecule has 164 valence electrons. The molecule has 5 rings (SSSR count). The van der Waals surface area contributed by atoms with E-state index in [-0.39, 0.29) is 18.6 Å². The first-order chi connectivity index (χ1) is 15.5. The number of para-hydroxylation sites is 1. The van der Waals surface area contributed by atoms with E-state index in [2.05, 4.69) is 10.4 Å². The van der Waals surface area contributed by atoms with Crippen molar-refractivity contribution in [3.63, 3.8) is 0 Å². The van der Waals surface area contributed by atoms with Crippen LogP contribution in [0.3, 0.4) is 0 Å². The van der Waals surface area contributed by atoms with Gasteiger partial charge in [-0.25, -0.2) is 4.68 Å². The van der Waals surface area contributed by atoms with Gasteiger partial charge in [0.25, 0.3) is 5.91 Å². The van der Waals surface area contributed by atoms with E-state index in [1.54, 1.807) is 21.7 Å². The van der Waals surface area contributed by atoms with E-state index in [1.165, 1.54) is 0 Å². The molecule has 32 heavy (non-hydrogen) atoms. The zero-order valence-corrected chi connectivity index (χ0v) is 18.3. The minimum absolute atomic E-state index is 0.0541. The van der Waals surface area contributed by atoms with Crippen LogP contribution in [0.25, 0.3) is 5.69 Å². The number of ether oxygens (including phenoxy) is 2. The summed E-state index contributed by atoms with van der Waals surface area (Å²) in [6, 6.07) is 12.0. The summed E-state index contributed by atoms with van der Waals surface area (Å²) in [5, 5.41) is 7.84. The number of halogens is 1. The second-order valence-corrected chi connectivity index (χ2v) is 8.12. The third-order valence-corrected chi connectivity index (χ3v) is 6.05. The number of carbonyl (C=O) groups excluding carboxylic acids is 2. The molecular formula is C23H21ClN4O4. The molecule has 2 aromatic carbocycles. The fourth-order valence-corrected chi connectivity index (χ4v) is 4.57. The first-order valence-electron chi connectivity index (χ1n) is 10.2. The second kappa shape index (κ2) is 7.87. The number of nitrogens with one attached hydrogen (secondary N) is 1. The van der Waals surface area contributed by atoms with Gasteiger partial charge in [0.05, 0.1) is 16.4 Å². The fourth-order valence-electron chi connectivity index (χ4n) is 4.30. The van der Waals surface area contributed by atoms with E-state index < -0.39 is 6.04 Å². The van der Waals surface area contributed by atoms with Crippen molar-refractivity contribution in [3.05, 3.63) is 70.0 Å². The number of nitrogens with zero attached hydrogens (tertiary/aromatic N) is 3. The van der Waals surface area contributed by atoms with Gasteiger partial charge in [-0.1, -0.05) is 29.8 Å². The number of benzene rings is 2. The Hall–Kier alpha value is -3.52. The maximum atomic E-state index is 13.5. The molecule has 1 fully saturated rings. The monoisotopic (exact) mass is 452 g/mol. The molecular weight excluding hydrogens is 432 g/mol. The summed E-state index contributed by atoms with van der Waals surface area (Å²) in [6.07, 6.45) is 0. The first kappa shape index (κ1) is 20.4. The van der Waals surface area contributed by atoms with E-state index >= 15 is 0 Å². The molecule has 0 aliphatic carbocycles. The van der Waals surface area contributed by atoms with E-state index in [1.807, 2.05) is 44.2 Å². The van der Waals surface area contributed by atoms with Crippen molar-refractivity contribution < 1.29 is 19.1 Å². The van der Waals surface area contributed by atoms with Gasteiger partial charge in [-0.3, -0.25) is 9.59 Å². The van der Waals surface area contributed by atoms with Gasteiger partial charge in [0, 0.05) is 29.9 Å². The molecule has 1 saturated heterocycles. The highest BCUT2D eigenvalue weighted by atomic mass is 35.5. The van der Waals surface area contributed by atoms with E-state index in [0.29, 0.717) is 46.4 Å². The lowest BCUT2D eigenvalue weighted by atomic mass is 9.99. The van der Waals surface area contributed by atoms with Crippen LogP contribution in [0.15, 0.2) is 42.5 Å². The van der Waals surface area contributed by atoms with Crippen molar-refractivity contribution in [1.29, 1.82) is 0 Å². The predicted octanol–water partition coefficient (Wildman–Crippen LogP) is 3.18. The second-order valence-electron chi connectivity index (χ2n) is 7.72. The average Bonchev–Trinajstić information content (AvgIpc) is 3.38. The highest BCUT2D eigenvalue weighted by Gasteiger charge is 2.39. The standard InChI is InChI=1S/C23H21ClN4O4/c1-13-19(14(2)28(26-13)16-6-4-3-5-7-16)20-22(29)25-8-9-27(20)23(30)15-10-17(24)21-18(11-15)31-12-32-21/h3-7,10-11,20H,8-9,12H2,1-2H3,(H,25,29)/t20-/m0/s1. The molecule has 1 atom stereocenters. The summed E-state index contributed by atoms with van der Waals surface area (Å²) in [6.45, 7) is 4.54. The summed E-state index contributed by atoms with van der Waals surface area (Å²) in [4.78, 5) is 28.1. The number of amides is 2. The Morgan fingerprint density at radius 3 is 2.75 bits per heavy atom. The van der Waals surface area contributed by atoms with Crippen LogP contribution < -0.4 is 14.8 Å². The molecule has 2 aliphatic rings. The molecule has 1 N–H and O–H groups in total. The van der Waals surface area contributed by atoms with Gasteiger partial charge in [-0.2, -0.15) is 5.10 Å². The first-order valence-corrected chi connectivity index (χ1v) is 10.6. The molecule has 0 saturated carbocycles. The lowest BCUT2D eigenvalue weighted by Crippen LogP contribution is -2.52. The molecule has 0 unspecified atom stereocenters. The maximum Gasteiger partial charge on any atom is 0.255 e. The van der Waals surface area contributed by atoms with Crippen LogP contribution in [-0.4, -0.2) is 46.4 Å².